The molecule has 0 unspecified atom stereocenters. The number of aromatic carboxylic acids is 1. The van der Waals surface area contributed by atoms with E-state index in [1.54, 1.807) is 53.3 Å². The first-order chi connectivity index (χ1) is 35.7. The first kappa shape index (κ1) is 55.8. The van der Waals surface area contributed by atoms with Gasteiger partial charge < -0.3 is 30.5 Å². The van der Waals surface area contributed by atoms with E-state index in [-0.39, 0.29) is 70.8 Å². The summed E-state index contributed by atoms with van der Waals surface area (Å²) < 4.78 is 43.3. The molecule has 2 aliphatic carbocycles. The molecule has 0 fully saturated rings. The smallest absolute Gasteiger partial charge is 0.394 e. The summed E-state index contributed by atoms with van der Waals surface area (Å²) in [7, 11) is 3.63. The lowest BCUT2D eigenvalue weighted by atomic mass is 9.87. The van der Waals surface area contributed by atoms with E-state index in [1.165, 1.54) is 18.7 Å². The molecule has 6 heterocycles. The van der Waals surface area contributed by atoms with Gasteiger partial charge in [0.2, 0.25) is 17.7 Å². The van der Waals surface area contributed by atoms with Crippen LogP contribution in [-0.2, 0) is 37.8 Å². The van der Waals surface area contributed by atoms with Gasteiger partial charge in [-0.15, -0.1) is 12.4 Å². The van der Waals surface area contributed by atoms with Crippen molar-refractivity contribution in [1.29, 1.82) is 0 Å². The molecule has 5 N–H and O–H groups in total. The van der Waals surface area contributed by atoms with Crippen molar-refractivity contribution in [3.63, 3.8) is 0 Å². The number of ketones is 1. The molecule has 10 rings (SSSR count). The molecule has 0 saturated carbocycles. The SMILES string of the molecule is CC(C)(C)c1noc(C(=O)O)n1.Cl.Cn1cc(Nc2ncnc(-c3cc4c(cc3F)[C@H](CC(=O)c3nc(C(C)(C)C)no3)CCCC4)n2)cn1.Cn1cc(Nc2ncnc(-c3cc4c(cc3F)[C@H](N)CCCC4)n2)cn1. The third-order valence-electron chi connectivity index (χ3n) is 12.4. The molecule has 76 heavy (non-hydrogen) atoms. The molecule has 0 bridgehead atoms. The number of nitrogens with two attached hydrogens (primary N) is 1. The van der Waals surface area contributed by atoms with E-state index in [4.69, 9.17) is 15.4 Å². The van der Waals surface area contributed by atoms with Gasteiger partial charge in [0.1, 0.15) is 24.3 Å². The molecule has 25 heteroatoms. The maximum absolute atomic E-state index is 15.5. The van der Waals surface area contributed by atoms with Crippen molar-refractivity contribution in [3.05, 3.63) is 119 Å². The van der Waals surface area contributed by atoms with Gasteiger partial charge in [-0.05, 0) is 91.0 Å². The van der Waals surface area contributed by atoms with E-state index < -0.39 is 11.8 Å². The minimum atomic E-state index is -1.20. The predicted octanol–water partition coefficient (Wildman–Crippen LogP) is 9.29. The minimum Gasteiger partial charge on any atom is -0.474 e. The van der Waals surface area contributed by atoms with Gasteiger partial charge in [-0.25, -0.2) is 33.5 Å². The summed E-state index contributed by atoms with van der Waals surface area (Å²) in [6, 6.07) is 6.59. The quantitative estimate of drug-likeness (QED) is 0.0732. The fourth-order valence-electron chi connectivity index (χ4n) is 8.45. The number of fused-ring (bicyclic) bond motifs is 2. The van der Waals surface area contributed by atoms with E-state index in [9.17, 15) is 14.0 Å². The average Bonchev–Trinajstić information content (AvgIpc) is 4.19. The molecule has 6 aromatic heterocycles. The van der Waals surface area contributed by atoms with Crippen molar-refractivity contribution in [3.8, 4) is 22.8 Å². The molecule has 8 aromatic rings. The molecule has 0 amide bonds. The van der Waals surface area contributed by atoms with E-state index in [2.05, 4.69) is 75.5 Å². The maximum Gasteiger partial charge on any atom is 0.394 e. The Hall–Kier alpha value is -7.99. The summed E-state index contributed by atoms with van der Waals surface area (Å²) in [6.07, 6.45) is 17.1. The molecule has 0 saturated heterocycles. The number of carbonyl (C=O) groups is 2. The Balaban J connectivity index is 0.000000186. The van der Waals surface area contributed by atoms with Gasteiger partial charge in [0, 0.05) is 49.8 Å². The number of carbonyl (C=O) groups excluding carboxylic acids is 1. The highest BCUT2D eigenvalue weighted by molar-refractivity contribution is 5.92. The van der Waals surface area contributed by atoms with Gasteiger partial charge in [-0.1, -0.05) is 64.7 Å². The van der Waals surface area contributed by atoms with E-state index >= 15 is 4.39 Å². The van der Waals surface area contributed by atoms with Gasteiger partial charge >= 0.3 is 11.9 Å². The standard InChI is InChI=1S/C26H29FN8O2.C18H20FN7.C7H10N2O3.ClH/c1-26(2,3)24-33-23(37-34-24)21(36)10-16-8-6-5-7-15-9-19(20(27)11-18(15)16)22-28-14-29-25(32-22)31-17-12-30-35(4)13-17;1-26-9-12(8-23-26)24-18-22-10-21-17(25-18)14-6-11-4-2-3-5-16(20)13(11)7-15(14)19;1-7(2,3)6-8-4(5(10)11)12-9-6;/h9,11-14,16H,5-8,10H2,1-4H3,(H,28,29,31,32);6-10,16H,2-5,20H2,1H3,(H,21,22,24,25);1-3H3,(H,10,11);1H/t2*16-;;/m01../s1. The second kappa shape index (κ2) is 23.7. The topological polar surface area (TPSA) is 295 Å². The fraction of sp³-hybridized carbons (Fsp3) is 0.412. The number of hydrogen-bond acceptors (Lipinski definition) is 19. The fourth-order valence-corrected chi connectivity index (χ4v) is 8.45. The minimum absolute atomic E-state index is 0. The maximum atomic E-state index is 15.5. The first-order valence-electron chi connectivity index (χ1n) is 24.4. The van der Waals surface area contributed by atoms with Crippen LogP contribution in [0.3, 0.4) is 0 Å². The van der Waals surface area contributed by atoms with Crippen molar-refractivity contribution in [2.45, 2.75) is 122 Å². The molecule has 0 radical (unpaired) electrons. The molecule has 22 nitrogen and oxygen atoms in total. The summed E-state index contributed by atoms with van der Waals surface area (Å²) in [4.78, 5) is 56.7. The van der Waals surface area contributed by atoms with Crippen LogP contribution in [-0.4, -0.2) is 86.6 Å². The summed E-state index contributed by atoms with van der Waals surface area (Å²) in [5.74, 6) is -0.660. The Morgan fingerprint density at radius 1 is 0.684 bits per heavy atom. The molecule has 0 aliphatic heterocycles. The van der Waals surface area contributed by atoms with Gasteiger partial charge in [0.25, 0.3) is 5.89 Å². The molecule has 2 aromatic carbocycles. The molecular formula is C51H60ClF2N17O5. The zero-order valence-electron chi connectivity index (χ0n) is 43.4. The van der Waals surface area contributed by atoms with Crippen molar-refractivity contribution in [1.82, 2.24) is 69.7 Å². The van der Waals surface area contributed by atoms with Crippen LogP contribution < -0.4 is 16.4 Å². The van der Waals surface area contributed by atoms with Crippen LogP contribution in [0.1, 0.15) is 154 Å². The second-order valence-electron chi connectivity index (χ2n) is 20.5. The van der Waals surface area contributed by atoms with E-state index in [0.717, 1.165) is 79.3 Å². The van der Waals surface area contributed by atoms with Crippen molar-refractivity contribution in [2.75, 3.05) is 10.6 Å². The Morgan fingerprint density at radius 3 is 1.62 bits per heavy atom. The molecular weight excluding hydrogens is 1000 g/mol. The number of anilines is 4. The lowest BCUT2D eigenvalue weighted by Crippen LogP contribution is -2.14. The molecule has 400 valence electrons. The number of carboxylic acids is 1. The van der Waals surface area contributed by atoms with Crippen molar-refractivity contribution < 1.29 is 32.5 Å². The Morgan fingerprint density at radius 2 is 1.16 bits per heavy atom. The lowest BCUT2D eigenvalue weighted by molar-refractivity contribution is 0.0643. The van der Waals surface area contributed by atoms with E-state index in [0.29, 0.717) is 46.2 Å². The van der Waals surface area contributed by atoms with Crippen molar-refractivity contribution >= 4 is 47.4 Å². The van der Waals surface area contributed by atoms with Crippen LogP contribution in [0.15, 0.2) is 70.8 Å². The summed E-state index contributed by atoms with van der Waals surface area (Å²) >= 11 is 0. The normalized spacial score (nSPS) is 15.2. The van der Waals surface area contributed by atoms with E-state index in [1.807, 2.05) is 54.7 Å². The Labute approximate surface area is 442 Å². The highest BCUT2D eigenvalue weighted by atomic mass is 35.5. The zero-order valence-corrected chi connectivity index (χ0v) is 44.2. The van der Waals surface area contributed by atoms with Crippen LogP contribution in [0.25, 0.3) is 22.8 Å². The van der Waals surface area contributed by atoms with Crippen molar-refractivity contribution in [2.24, 2.45) is 19.8 Å². The van der Waals surface area contributed by atoms with Crippen LogP contribution in [0.4, 0.5) is 32.1 Å². The monoisotopic (exact) mass is 1060 g/mol. The number of Topliss-reactive ketones (excluding diaryl/α,β-unsaturated/α-hetero) is 1. The number of aromatic nitrogens is 14. The number of rotatable bonds is 10. The van der Waals surface area contributed by atoms with Gasteiger partial charge in [0.05, 0.1) is 34.9 Å². The third kappa shape index (κ3) is 13.8. The number of hydrogen-bond donors (Lipinski definition) is 4. The average molecular weight is 1060 g/mol. The van der Waals surface area contributed by atoms with Gasteiger partial charge in [-0.2, -0.15) is 30.1 Å². The number of halogens is 3. The summed E-state index contributed by atoms with van der Waals surface area (Å²) in [6.45, 7) is 11.5. The number of benzene rings is 2. The first-order valence-corrected chi connectivity index (χ1v) is 24.4. The molecule has 2 aliphatic rings. The predicted molar refractivity (Wildman–Crippen MR) is 277 cm³/mol. The number of nitrogens with one attached hydrogen (secondary N) is 2. The zero-order chi connectivity index (χ0) is 53.6. The largest absolute Gasteiger partial charge is 0.474 e. The van der Waals surface area contributed by atoms with Gasteiger partial charge in [0.15, 0.2) is 23.3 Å². The van der Waals surface area contributed by atoms with Crippen LogP contribution in [0, 0.1) is 11.6 Å². The van der Waals surface area contributed by atoms with Gasteiger partial charge in [-0.3, -0.25) is 14.2 Å². The number of aryl methyl sites for hydroxylation is 4. The Kier molecular flexibility index (Phi) is 17.4. The Bertz CT molecular complexity index is 3310. The molecule has 0 spiro atoms. The van der Waals surface area contributed by atoms with Crippen LogP contribution >= 0.6 is 12.4 Å². The number of carboxylic acid groups (broad SMARTS) is 1. The number of nitrogens with zero attached hydrogens (tertiary/aromatic N) is 14. The summed E-state index contributed by atoms with van der Waals surface area (Å²) in [5.41, 5.74) is 11.5. The highest BCUT2D eigenvalue weighted by Gasteiger charge is 2.29. The lowest BCUT2D eigenvalue weighted by Gasteiger charge is -2.18. The third-order valence-corrected chi connectivity index (χ3v) is 12.4. The van der Waals surface area contributed by atoms with Crippen LogP contribution in [0.2, 0.25) is 0 Å². The highest BCUT2D eigenvalue weighted by Crippen LogP contribution is 2.38. The van der Waals surface area contributed by atoms with Crippen LogP contribution in [0.5, 0.6) is 0 Å². The second-order valence-corrected chi connectivity index (χ2v) is 20.5. The molecule has 2 atom stereocenters. The summed E-state index contributed by atoms with van der Waals surface area (Å²) in [5, 5.41) is 30.3.